The van der Waals surface area contributed by atoms with Gasteiger partial charge >= 0.3 is 0 Å². The van der Waals surface area contributed by atoms with Crippen LogP contribution in [-0.4, -0.2) is 48.7 Å². The summed E-state index contributed by atoms with van der Waals surface area (Å²) in [6.45, 7) is 5.50. The molecule has 0 atom stereocenters. The minimum atomic E-state index is 0.0263. The standard InChI is InChI=1S/C15H22BrNO3/c1-3-20-13-5-4-12(14(6-13)19-2)7-17-9-15(8-16,10-17)11-18/h4-6,18H,3,7-11H2,1-2H3. The third kappa shape index (κ3) is 3.27. The fourth-order valence-corrected chi connectivity index (χ4v) is 3.13. The molecule has 20 heavy (non-hydrogen) atoms. The van der Waals surface area contributed by atoms with Gasteiger partial charge in [0, 0.05) is 42.0 Å². The van der Waals surface area contributed by atoms with Crippen LogP contribution in [0.2, 0.25) is 0 Å². The SMILES string of the molecule is CCOc1ccc(CN2CC(CO)(CBr)C2)c(OC)c1. The second-order valence-electron chi connectivity index (χ2n) is 5.34. The molecule has 2 rings (SSSR count). The first-order valence-electron chi connectivity index (χ1n) is 6.85. The topological polar surface area (TPSA) is 41.9 Å². The average molecular weight is 344 g/mol. The van der Waals surface area contributed by atoms with E-state index in [2.05, 4.69) is 26.9 Å². The maximum absolute atomic E-state index is 9.42. The van der Waals surface area contributed by atoms with Gasteiger partial charge in [-0.25, -0.2) is 0 Å². The molecule has 0 aromatic heterocycles. The zero-order valence-corrected chi connectivity index (χ0v) is 13.6. The molecule has 112 valence electrons. The Balaban J connectivity index is 2.00. The van der Waals surface area contributed by atoms with Gasteiger partial charge in [-0.3, -0.25) is 4.90 Å². The van der Waals surface area contributed by atoms with E-state index in [1.54, 1.807) is 7.11 Å². The number of hydrogen-bond acceptors (Lipinski definition) is 4. The molecular weight excluding hydrogens is 322 g/mol. The van der Waals surface area contributed by atoms with Crippen molar-refractivity contribution < 1.29 is 14.6 Å². The minimum Gasteiger partial charge on any atom is -0.496 e. The van der Waals surface area contributed by atoms with Gasteiger partial charge in [-0.1, -0.05) is 22.0 Å². The molecule has 1 aromatic rings. The molecule has 4 nitrogen and oxygen atoms in total. The van der Waals surface area contributed by atoms with E-state index in [0.717, 1.165) is 42.0 Å². The lowest BCUT2D eigenvalue weighted by atomic mass is 9.82. The first kappa shape index (κ1) is 15.6. The number of methoxy groups -OCH3 is 1. The van der Waals surface area contributed by atoms with Gasteiger partial charge in [0.25, 0.3) is 0 Å². The molecule has 0 unspecified atom stereocenters. The smallest absolute Gasteiger partial charge is 0.127 e. The van der Waals surface area contributed by atoms with Crippen LogP contribution in [0.3, 0.4) is 0 Å². The Morgan fingerprint density at radius 2 is 2.15 bits per heavy atom. The van der Waals surface area contributed by atoms with Crippen molar-refractivity contribution in [3.05, 3.63) is 23.8 Å². The Bertz CT molecular complexity index is 441. The lowest BCUT2D eigenvalue weighted by Gasteiger charge is -2.48. The van der Waals surface area contributed by atoms with E-state index in [-0.39, 0.29) is 12.0 Å². The molecule has 1 fully saturated rings. The molecule has 0 spiro atoms. The average Bonchev–Trinajstić information content (AvgIpc) is 2.44. The van der Waals surface area contributed by atoms with Crippen molar-refractivity contribution in [1.29, 1.82) is 0 Å². The summed E-state index contributed by atoms with van der Waals surface area (Å²) >= 11 is 3.48. The number of halogens is 1. The first-order chi connectivity index (χ1) is 9.66. The molecule has 0 bridgehead atoms. The molecule has 5 heteroatoms. The molecule has 1 heterocycles. The molecule has 1 saturated heterocycles. The predicted octanol–water partition coefficient (Wildman–Crippen LogP) is 2.28. The van der Waals surface area contributed by atoms with E-state index in [0.29, 0.717) is 6.61 Å². The van der Waals surface area contributed by atoms with E-state index in [4.69, 9.17) is 9.47 Å². The van der Waals surface area contributed by atoms with Crippen LogP contribution >= 0.6 is 15.9 Å². The van der Waals surface area contributed by atoms with Crippen LogP contribution < -0.4 is 9.47 Å². The third-order valence-electron chi connectivity index (χ3n) is 3.70. The van der Waals surface area contributed by atoms with Gasteiger partial charge in [-0.2, -0.15) is 0 Å². The maximum atomic E-state index is 9.42. The number of aliphatic hydroxyl groups is 1. The number of aliphatic hydroxyl groups excluding tert-OH is 1. The van der Waals surface area contributed by atoms with Crippen LogP contribution in [0, 0.1) is 5.41 Å². The molecule has 1 aliphatic heterocycles. The van der Waals surface area contributed by atoms with Gasteiger partial charge in [0.05, 0.1) is 20.3 Å². The second kappa shape index (κ2) is 6.78. The normalized spacial score (nSPS) is 17.6. The zero-order valence-electron chi connectivity index (χ0n) is 12.1. The summed E-state index contributed by atoms with van der Waals surface area (Å²) in [6.07, 6.45) is 0. The van der Waals surface area contributed by atoms with E-state index < -0.39 is 0 Å². The van der Waals surface area contributed by atoms with Gasteiger partial charge < -0.3 is 14.6 Å². The summed E-state index contributed by atoms with van der Waals surface area (Å²) < 4.78 is 10.9. The highest BCUT2D eigenvalue weighted by molar-refractivity contribution is 9.09. The van der Waals surface area contributed by atoms with Crippen LogP contribution in [0.4, 0.5) is 0 Å². The number of alkyl halides is 1. The lowest BCUT2D eigenvalue weighted by molar-refractivity contribution is -0.0276. The Morgan fingerprint density at radius 1 is 1.40 bits per heavy atom. The summed E-state index contributed by atoms with van der Waals surface area (Å²) in [4.78, 5) is 2.32. The van der Waals surface area contributed by atoms with Crippen molar-refractivity contribution in [1.82, 2.24) is 4.90 Å². The molecular formula is C15H22BrNO3. The summed E-state index contributed by atoms with van der Waals surface area (Å²) in [6, 6.07) is 5.96. The van der Waals surface area contributed by atoms with Gasteiger partial charge in [-0.15, -0.1) is 0 Å². The molecule has 0 radical (unpaired) electrons. The van der Waals surface area contributed by atoms with Crippen molar-refractivity contribution in [2.45, 2.75) is 13.5 Å². The summed E-state index contributed by atoms with van der Waals surface area (Å²) in [5.41, 5.74) is 1.18. The number of benzene rings is 1. The van der Waals surface area contributed by atoms with Gasteiger partial charge in [0.2, 0.25) is 0 Å². The summed E-state index contributed by atoms with van der Waals surface area (Å²) in [5, 5.41) is 10.3. The van der Waals surface area contributed by atoms with Gasteiger partial charge in [0.15, 0.2) is 0 Å². The highest BCUT2D eigenvalue weighted by Gasteiger charge is 2.41. The molecule has 0 amide bonds. The number of likely N-dealkylation sites (tertiary alicyclic amines) is 1. The van der Waals surface area contributed by atoms with Crippen molar-refractivity contribution in [3.63, 3.8) is 0 Å². The summed E-state index contributed by atoms with van der Waals surface area (Å²) in [7, 11) is 1.68. The van der Waals surface area contributed by atoms with Crippen molar-refractivity contribution >= 4 is 15.9 Å². The van der Waals surface area contributed by atoms with Gasteiger partial charge in [-0.05, 0) is 13.0 Å². The molecule has 1 aromatic carbocycles. The Labute approximate surface area is 128 Å². The monoisotopic (exact) mass is 343 g/mol. The van der Waals surface area contributed by atoms with Crippen LogP contribution in [0.1, 0.15) is 12.5 Å². The Morgan fingerprint density at radius 3 is 2.70 bits per heavy atom. The first-order valence-corrected chi connectivity index (χ1v) is 7.97. The third-order valence-corrected chi connectivity index (χ3v) is 4.89. The molecule has 0 saturated carbocycles. The van der Waals surface area contributed by atoms with Crippen molar-refractivity contribution in [3.8, 4) is 11.5 Å². The van der Waals surface area contributed by atoms with Crippen molar-refractivity contribution in [2.24, 2.45) is 5.41 Å². The second-order valence-corrected chi connectivity index (χ2v) is 5.90. The number of rotatable bonds is 7. The van der Waals surface area contributed by atoms with E-state index >= 15 is 0 Å². The Kier molecular flexibility index (Phi) is 5.29. The Hall–Kier alpha value is -0.780. The van der Waals surface area contributed by atoms with E-state index in [1.165, 1.54) is 0 Å². The fraction of sp³-hybridized carbons (Fsp3) is 0.600. The fourth-order valence-electron chi connectivity index (χ4n) is 2.59. The number of nitrogens with zero attached hydrogens (tertiary/aromatic N) is 1. The highest BCUT2D eigenvalue weighted by atomic mass is 79.9. The van der Waals surface area contributed by atoms with E-state index in [9.17, 15) is 5.11 Å². The van der Waals surface area contributed by atoms with Crippen LogP contribution in [-0.2, 0) is 6.54 Å². The van der Waals surface area contributed by atoms with Crippen LogP contribution in [0.15, 0.2) is 18.2 Å². The van der Waals surface area contributed by atoms with Crippen molar-refractivity contribution in [2.75, 3.05) is 38.7 Å². The van der Waals surface area contributed by atoms with E-state index in [1.807, 2.05) is 19.1 Å². The molecule has 0 aliphatic carbocycles. The predicted molar refractivity (Wildman–Crippen MR) is 82.8 cm³/mol. The summed E-state index contributed by atoms with van der Waals surface area (Å²) in [5.74, 6) is 1.69. The quantitative estimate of drug-likeness (QED) is 0.771. The van der Waals surface area contributed by atoms with Gasteiger partial charge in [0.1, 0.15) is 11.5 Å². The zero-order chi connectivity index (χ0) is 14.6. The minimum absolute atomic E-state index is 0.0263. The number of ether oxygens (including phenoxy) is 2. The maximum Gasteiger partial charge on any atom is 0.127 e. The largest absolute Gasteiger partial charge is 0.496 e. The molecule has 1 N–H and O–H groups in total. The molecule has 1 aliphatic rings. The highest BCUT2D eigenvalue weighted by Crippen LogP contribution is 2.35. The van der Waals surface area contributed by atoms with Crippen LogP contribution in [0.25, 0.3) is 0 Å². The lowest BCUT2D eigenvalue weighted by Crippen LogP contribution is -2.58. The van der Waals surface area contributed by atoms with Crippen LogP contribution in [0.5, 0.6) is 11.5 Å². The number of hydrogen-bond donors (Lipinski definition) is 1.